The Morgan fingerprint density at radius 1 is 1.55 bits per heavy atom. The molecule has 0 saturated heterocycles. The Labute approximate surface area is 66.3 Å². The van der Waals surface area contributed by atoms with Crippen molar-refractivity contribution in [2.24, 2.45) is 5.92 Å². The third kappa shape index (κ3) is 2.28. The van der Waals surface area contributed by atoms with Gasteiger partial charge in [-0.3, -0.25) is 0 Å². The van der Waals surface area contributed by atoms with Gasteiger partial charge in [0.25, 0.3) is 0 Å². The first-order valence-corrected chi connectivity index (χ1v) is 4.04. The van der Waals surface area contributed by atoms with E-state index in [1.54, 1.807) is 0 Å². The van der Waals surface area contributed by atoms with Crippen LogP contribution >= 0.6 is 0 Å². The summed E-state index contributed by atoms with van der Waals surface area (Å²) in [5, 5.41) is 0. The SMILES string of the molecule is C=C1CCCC(C(C)(F)F)C1. The van der Waals surface area contributed by atoms with Crippen molar-refractivity contribution in [1.29, 1.82) is 0 Å². The fraction of sp³-hybridized carbons (Fsp3) is 0.778. The number of hydrogen-bond donors (Lipinski definition) is 0. The lowest BCUT2D eigenvalue weighted by Gasteiger charge is -2.28. The Morgan fingerprint density at radius 2 is 2.18 bits per heavy atom. The normalized spacial score (nSPS) is 27.2. The van der Waals surface area contributed by atoms with Crippen molar-refractivity contribution in [3.8, 4) is 0 Å². The summed E-state index contributed by atoms with van der Waals surface area (Å²) in [7, 11) is 0. The smallest absolute Gasteiger partial charge is 0.207 e. The second kappa shape index (κ2) is 2.92. The zero-order valence-corrected chi connectivity index (χ0v) is 6.87. The molecule has 2 heteroatoms. The largest absolute Gasteiger partial charge is 0.248 e. The van der Waals surface area contributed by atoms with Gasteiger partial charge in [0.05, 0.1) is 0 Å². The first kappa shape index (κ1) is 8.69. The van der Waals surface area contributed by atoms with E-state index in [1.807, 2.05) is 0 Å². The quantitative estimate of drug-likeness (QED) is 0.516. The standard InChI is InChI=1S/C9H14F2/c1-7-4-3-5-8(6-7)9(2,10)11/h8H,1,3-6H2,2H3. The van der Waals surface area contributed by atoms with Crippen LogP contribution in [0.15, 0.2) is 12.2 Å². The van der Waals surface area contributed by atoms with E-state index in [1.165, 1.54) is 0 Å². The van der Waals surface area contributed by atoms with Gasteiger partial charge in [-0.1, -0.05) is 12.2 Å². The zero-order chi connectivity index (χ0) is 8.48. The van der Waals surface area contributed by atoms with Crippen LogP contribution in [0, 0.1) is 5.92 Å². The van der Waals surface area contributed by atoms with Crippen molar-refractivity contribution in [2.45, 2.75) is 38.5 Å². The molecule has 1 aliphatic rings. The van der Waals surface area contributed by atoms with Crippen molar-refractivity contribution in [2.75, 3.05) is 0 Å². The first-order chi connectivity index (χ1) is 5.00. The second-order valence-electron chi connectivity index (χ2n) is 3.50. The number of rotatable bonds is 1. The lowest BCUT2D eigenvalue weighted by atomic mass is 9.83. The lowest BCUT2D eigenvalue weighted by molar-refractivity contribution is -0.0468. The summed E-state index contributed by atoms with van der Waals surface area (Å²) in [6.07, 6.45) is 2.99. The van der Waals surface area contributed by atoms with E-state index in [2.05, 4.69) is 6.58 Å². The third-order valence-electron chi connectivity index (χ3n) is 2.33. The highest BCUT2D eigenvalue weighted by molar-refractivity contribution is 5.01. The van der Waals surface area contributed by atoms with Crippen LogP contribution in [0.3, 0.4) is 0 Å². The third-order valence-corrected chi connectivity index (χ3v) is 2.33. The maximum Gasteiger partial charge on any atom is 0.248 e. The van der Waals surface area contributed by atoms with Gasteiger partial charge in [-0.15, -0.1) is 0 Å². The zero-order valence-electron chi connectivity index (χ0n) is 6.87. The van der Waals surface area contributed by atoms with Gasteiger partial charge in [0.2, 0.25) is 5.92 Å². The summed E-state index contributed by atoms with van der Waals surface area (Å²) < 4.78 is 25.5. The lowest BCUT2D eigenvalue weighted by Crippen LogP contribution is -2.26. The molecule has 0 aromatic heterocycles. The van der Waals surface area contributed by atoms with Gasteiger partial charge < -0.3 is 0 Å². The maximum atomic E-state index is 12.7. The molecule has 0 amide bonds. The highest BCUT2D eigenvalue weighted by Gasteiger charge is 2.35. The number of allylic oxidation sites excluding steroid dienone is 1. The van der Waals surface area contributed by atoms with Crippen LogP contribution in [-0.2, 0) is 0 Å². The monoisotopic (exact) mass is 160 g/mol. The molecule has 64 valence electrons. The van der Waals surface area contributed by atoms with E-state index in [9.17, 15) is 8.78 Å². The van der Waals surface area contributed by atoms with Crippen LogP contribution in [0.1, 0.15) is 32.6 Å². The Kier molecular flexibility index (Phi) is 2.31. The number of halogens is 2. The van der Waals surface area contributed by atoms with Crippen molar-refractivity contribution in [3.63, 3.8) is 0 Å². The van der Waals surface area contributed by atoms with Gasteiger partial charge in [0.1, 0.15) is 0 Å². The van der Waals surface area contributed by atoms with E-state index in [0.29, 0.717) is 12.8 Å². The van der Waals surface area contributed by atoms with Crippen LogP contribution in [0.5, 0.6) is 0 Å². The highest BCUT2D eigenvalue weighted by Crippen LogP contribution is 2.37. The second-order valence-corrected chi connectivity index (χ2v) is 3.50. The van der Waals surface area contributed by atoms with E-state index < -0.39 is 11.8 Å². The van der Waals surface area contributed by atoms with E-state index in [-0.39, 0.29) is 0 Å². The Hall–Kier alpha value is -0.400. The first-order valence-electron chi connectivity index (χ1n) is 4.04. The molecule has 0 aliphatic heterocycles. The van der Waals surface area contributed by atoms with Crippen molar-refractivity contribution < 1.29 is 8.78 Å². The minimum absolute atomic E-state index is 0.455. The topological polar surface area (TPSA) is 0 Å². The summed E-state index contributed by atoms with van der Waals surface area (Å²) in [5.74, 6) is -2.97. The van der Waals surface area contributed by atoms with E-state index in [0.717, 1.165) is 25.3 Å². The van der Waals surface area contributed by atoms with Gasteiger partial charge in [-0.05, 0) is 32.6 Å². The van der Waals surface area contributed by atoms with Crippen LogP contribution < -0.4 is 0 Å². The molecule has 0 N–H and O–H groups in total. The summed E-state index contributed by atoms with van der Waals surface area (Å²) in [4.78, 5) is 0. The molecule has 11 heavy (non-hydrogen) atoms. The summed E-state index contributed by atoms with van der Waals surface area (Å²) in [5.41, 5.74) is 0.989. The average molecular weight is 160 g/mol. The molecule has 0 bridgehead atoms. The summed E-state index contributed by atoms with van der Waals surface area (Å²) in [6, 6.07) is 0. The highest BCUT2D eigenvalue weighted by atomic mass is 19.3. The van der Waals surface area contributed by atoms with Gasteiger partial charge in [-0.2, -0.15) is 0 Å². The van der Waals surface area contributed by atoms with Gasteiger partial charge >= 0.3 is 0 Å². The molecule has 0 heterocycles. The molecule has 0 aromatic rings. The van der Waals surface area contributed by atoms with E-state index >= 15 is 0 Å². The van der Waals surface area contributed by atoms with Crippen LogP contribution in [-0.4, -0.2) is 5.92 Å². The van der Waals surface area contributed by atoms with Crippen molar-refractivity contribution >= 4 is 0 Å². The predicted octanol–water partition coefficient (Wildman–Crippen LogP) is 3.39. The van der Waals surface area contributed by atoms with Gasteiger partial charge in [0, 0.05) is 5.92 Å². The Morgan fingerprint density at radius 3 is 2.55 bits per heavy atom. The molecule has 0 radical (unpaired) electrons. The van der Waals surface area contributed by atoms with Crippen LogP contribution in [0.4, 0.5) is 8.78 Å². The molecule has 0 spiro atoms. The average Bonchev–Trinajstić information content (AvgIpc) is 1.86. The predicted molar refractivity (Wildman–Crippen MR) is 41.7 cm³/mol. The maximum absolute atomic E-state index is 12.7. The molecule has 0 nitrogen and oxygen atoms in total. The molecule has 1 atom stereocenters. The molecular weight excluding hydrogens is 146 g/mol. The Balaban J connectivity index is 2.53. The van der Waals surface area contributed by atoms with Crippen molar-refractivity contribution in [1.82, 2.24) is 0 Å². The molecule has 0 aromatic carbocycles. The Bertz CT molecular complexity index is 155. The number of alkyl halides is 2. The van der Waals surface area contributed by atoms with Crippen LogP contribution in [0.2, 0.25) is 0 Å². The summed E-state index contributed by atoms with van der Waals surface area (Å²) >= 11 is 0. The van der Waals surface area contributed by atoms with E-state index in [4.69, 9.17) is 0 Å². The molecule has 1 unspecified atom stereocenters. The molecular formula is C9H14F2. The number of hydrogen-bond acceptors (Lipinski definition) is 0. The molecule has 1 fully saturated rings. The fourth-order valence-electron chi connectivity index (χ4n) is 1.58. The molecule has 1 rings (SSSR count). The molecule has 1 saturated carbocycles. The van der Waals surface area contributed by atoms with Crippen LogP contribution in [0.25, 0.3) is 0 Å². The van der Waals surface area contributed by atoms with Crippen molar-refractivity contribution in [3.05, 3.63) is 12.2 Å². The molecule has 1 aliphatic carbocycles. The fourth-order valence-corrected chi connectivity index (χ4v) is 1.58. The van der Waals surface area contributed by atoms with Gasteiger partial charge in [-0.25, -0.2) is 8.78 Å². The minimum Gasteiger partial charge on any atom is -0.207 e. The summed E-state index contributed by atoms with van der Waals surface area (Å²) in [6.45, 7) is 4.75. The minimum atomic E-state index is -2.51. The van der Waals surface area contributed by atoms with Gasteiger partial charge in [0.15, 0.2) is 0 Å².